The molecule has 1 atom stereocenters. The van der Waals surface area contributed by atoms with Crippen LogP contribution < -0.4 is 0 Å². The third kappa shape index (κ3) is 35.1. The fraction of sp³-hybridized carbons (Fsp3) is 0.958. The Bertz CT molecular complexity index is 766. The van der Waals surface area contributed by atoms with E-state index in [9.17, 15) is 9.59 Å². The number of hydrogen-bond donors (Lipinski definition) is 0. The predicted octanol–water partition coefficient (Wildman–Crippen LogP) is 14.8. The van der Waals surface area contributed by atoms with E-state index < -0.39 is 0 Å². The van der Waals surface area contributed by atoms with E-state index in [-0.39, 0.29) is 11.9 Å². The van der Waals surface area contributed by atoms with Gasteiger partial charge in [-0.1, -0.05) is 169 Å². The SMILES string of the molecule is CCCCCC(CCCCC)CC(=O)OCCCCCCCCCC(CCCCCCCOC(=O)CC(CCCCC)CCCCC)CN(C)C(C)C. The molecule has 0 aliphatic carbocycles. The number of esters is 2. The van der Waals surface area contributed by atoms with Gasteiger partial charge in [0, 0.05) is 25.4 Å². The molecule has 5 nitrogen and oxygen atoms in total. The smallest absolute Gasteiger partial charge is 0.306 e. The van der Waals surface area contributed by atoms with Crippen LogP contribution in [0, 0.1) is 17.8 Å². The minimum Gasteiger partial charge on any atom is -0.466 e. The van der Waals surface area contributed by atoms with E-state index in [1.54, 1.807) is 0 Å². The van der Waals surface area contributed by atoms with Crippen LogP contribution in [0.15, 0.2) is 0 Å². The number of unbranched alkanes of at least 4 members (excludes halogenated alkanes) is 18. The van der Waals surface area contributed by atoms with E-state index >= 15 is 0 Å². The lowest BCUT2D eigenvalue weighted by Crippen LogP contribution is -2.31. The highest BCUT2D eigenvalue weighted by atomic mass is 16.5. The Kier molecular flexibility index (Phi) is 38.3. The monoisotopic (exact) mass is 750 g/mol. The van der Waals surface area contributed by atoms with Gasteiger partial charge in [0.2, 0.25) is 0 Å². The molecular weight excluding hydrogens is 655 g/mol. The molecule has 0 fully saturated rings. The van der Waals surface area contributed by atoms with Gasteiger partial charge < -0.3 is 14.4 Å². The van der Waals surface area contributed by atoms with Crippen molar-refractivity contribution >= 4 is 11.9 Å². The van der Waals surface area contributed by atoms with Crippen molar-refractivity contribution in [3.63, 3.8) is 0 Å². The van der Waals surface area contributed by atoms with E-state index in [0.717, 1.165) is 18.8 Å². The Morgan fingerprint density at radius 1 is 0.415 bits per heavy atom. The summed E-state index contributed by atoms with van der Waals surface area (Å²) in [6.07, 6.45) is 38.5. The maximum atomic E-state index is 12.5. The van der Waals surface area contributed by atoms with E-state index in [1.165, 1.54) is 186 Å². The number of rotatable bonds is 41. The van der Waals surface area contributed by atoms with Crippen molar-refractivity contribution in [3.05, 3.63) is 0 Å². The van der Waals surface area contributed by atoms with Crippen LogP contribution in [-0.4, -0.2) is 49.7 Å². The Labute approximate surface area is 332 Å². The third-order valence-corrected chi connectivity index (χ3v) is 11.7. The fourth-order valence-corrected chi connectivity index (χ4v) is 7.82. The van der Waals surface area contributed by atoms with Crippen LogP contribution in [0.4, 0.5) is 0 Å². The summed E-state index contributed by atoms with van der Waals surface area (Å²) in [5.41, 5.74) is 0. The van der Waals surface area contributed by atoms with Gasteiger partial charge in [-0.25, -0.2) is 0 Å². The topological polar surface area (TPSA) is 55.8 Å². The molecule has 0 aromatic heterocycles. The Balaban J connectivity index is 4.13. The first-order chi connectivity index (χ1) is 25.8. The van der Waals surface area contributed by atoms with Crippen molar-refractivity contribution in [2.24, 2.45) is 17.8 Å². The minimum atomic E-state index is 0.0347. The molecule has 53 heavy (non-hydrogen) atoms. The molecule has 316 valence electrons. The van der Waals surface area contributed by atoms with Gasteiger partial charge in [0.05, 0.1) is 13.2 Å². The van der Waals surface area contributed by atoms with Crippen molar-refractivity contribution in [3.8, 4) is 0 Å². The molecular formula is C48H95NO4. The van der Waals surface area contributed by atoms with Gasteiger partial charge in [0.1, 0.15) is 0 Å². The molecule has 0 aliphatic heterocycles. The zero-order valence-electron chi connectivity index (χ0n) is 37.1. The van der Waals surface area contributed by atoms with Gasteiger partial charge in [0.25, 0.3) is 0 Å². The lowest BCUT2D eigenvalue weighted by molar-refractivity contribution is -0.146. The molecule has 0 rings (SSSR count). The molecule has 0 heterocycles. The minimum absolute atomic E-state index is 0.0347. The molecule has 0 saturated carbocycles. The molecule has 0 bridgehead atoms. The second-order valence-electron chi connectivity index (χ2n) is 17.3. The summed E-state index contributed by atoms with van der Waals surface area (Å²) in [6, 6.07) is 0.598. The molecule has 1 unspecified atom stereocenters. The van der Waals surface area contributed by atoms with Crippen LogP contribution in [0.5, 0.6) is 0 Å². The van der Waals surface area contributed by atoms with Crippen molar-refractivity contribution < 1.29 is 19.1 Å². The summed E-state index contributed by atoms with van der Waals surface area (Å²) in [4.78, 5) is 27.5. The zero-order chi connectivity index (χ0) is 39.2. The maximum absolute atomic E-state index is 12.5. The van der Waals surface area contributed by atoms with Gasteiger partial charge in [-0.15, -0.1) is 0 Å². The number of ether oxygens (including phenoxy) is 2. The van der Waals surface area contributed by atoms with E-state index in [0.29, 0.717) is 43.9 Å². The summed E-state index contributed by atoms with van der Waals surface area (Å²) in [6.45, 7) is 16.0. The number of nitrogens with zero attached hydrogens (tertiary/aromatic N) is 1. The van der Waals surface area contributed by atoms with E-state index in [4.69, 9.17) is 9.47 Å². The molecule has 0 aromatic rings. The lowest BCUT2D eigenvalue weighted by atomic mass is 9.92. The molecule has 0 N–H and O–H groups in total. The zero-order valence-corrected chi connectivity index (χ0v) is 37.1. The van der Waals surface area contributed by atoms with Crippen LogP contribution in [0.1, 0.15) is 247 Å². The highest BCUT2D eigenvalue weighted by Crippen LogP contribution is 2.24. The van der Waals surface area contributed by atoms with Gasteiger partial charge in [-0.05, 0) is 90.0 Å². The first kappa shape index (κ1) is 51.9. The number of carbonyl (C=O) groups is 2. The van der Waals surface area contributed by atoms with Gasteiger partial charge in [-0.2, -0.15) is 0 Å². The van der Waals surface area contributed by atoms with Crippen LogP contribution in [0.2, 0.25) is 0 Å². The summed E-state index contributed by atoms with van der Waals surface area (Å²) in [5, 5.41) is 0. The van der Waals surface area contributed by atoms with Crippen molar-refractivity contribution in [1.82, 2.24) is 4.90 Å². The quantitative estimate of drug-likeness (QED) is 0.0460. The van der Waals surface area contributed by atoms with Crippen LogP contribution in [0.25, 0.3) is 0 Å². The standard InChI is InChI=1S/C48H95NO4/c1-8-12-24-32-44(33-25-13-9-2)40-47(50)52-38-30-22-18-16-17-20-28-36-46(42-49(7)43(5)6)37-29-21-19-23-31-39-53-48(51)41-45(34-26-14-10-3)35-27-15-11-4/h43-46H,8-42H2,1-7H3. The van der Waals surface area contributed by atoms with Gasteiger partial charge in [-0.3, -0.25) is 9.59 Å². The molecule has 0 aliphatic rings. The third-order valence-electron chi connectivity index (χ3n) is 11.7. The maximum Gasteiger partial charge on any atom is 0.306 e. The van der Waals surface area contributed by atoms with E-state index in [1.807, 2.05) is 0 Å². The van der Waals surface area contributed by atoms with Gasteiger partial charge >= 0.3 is 11.9 Å². The average Bonchev–Trinajstić information content (AvgIpc) is 3.13. The first-order valence-corrected chi connectivity index (χ1v) is 23.8. The highest BCUT2D eigenvalue weighted by Gasteiger charge is 2.17. The molecule has 0 amide bonds. The average molecular weight is 750 g/mol. The second-order valence-corrected chi connectivity index (χ2v) is 17.3. The number of carbonyl (C=O) groups excluding carboxylic acids is 2. The normalized spacial score (nSPS) is 12.4. The largest absolute Gasteiger partial charge is 0.466 e. The Morgan fingerprint density at radius 3 is 1.02 bits per heavy atom. The van der Waals surface area contributed by atoms with Crippen molar-refractivity contribution in [2.45, 2.75) is 253 Å². The Hall–Kier alpha value is -1.10. The highest BCUT2D eigenvalue weighted by molar-refractivity contribution is 5.70. The molecule has 0 radical (unpaired) electrons. The summed E-state index contributed by atoms with van der Waals surface area (Å²) in [7, 11) is 2.29. The molecule has 5 heteroatoms. The molecule has 0 saturated heterocycles. The number of hydrogen-bond acceptors (Lipinski definition) is 5. The van der Waals surface area contributed by atoms with Crippen LogP contribution in [-0.2, 0) is 19.1 Å². The van der Waals surface area contributed by atoms with Crippen LogP contribution in [0.3, 0.4) is 0 Å². The van der Waals surface area contributed by atoms with Gasteiger partial charge in [0.15, 0.2) is 0 Å². The molecule has 0 spiro atoms. The Morgan fingerprint density at radius 2 is 0.698 bits per heavy atom. The van der Waals surface area contributed by atoms with Crippen LogP contribution >= 0.6 is 0 Å². The first-order valence-electron chi connectivity index (χ1n) is 23.8. The summed E-state index contributed by atoms with van der Waals surface area (Å²) >= 11 is 0. The summed E-state index contributed by atoms with van der Waals surface area (Å²) < 4.78 is 11.3. The van der Waals surface area contributed by atoms with E-state index in [2.05, 4.69) is 53.5 Å². The summed E-state index contributed by atoms with van der Waals surface area (Å²) in [5.74, 6) is 1.89. The fourth-order valence-electron chi connectivity index (χ4n) is 7.82. The lowest BCUT2D eigenvalue weighted by Gasteiger charge is -2.27. The van der Waals surface area contributed by atoms with Crippen molar-refractivity contribution in [1.29, 1.82) is 0 Å². The second kappa shape index (κ2) is 39.1. The van der Waals surface area contributed by atoms with Crippen molar-refractivity contribution in [2.75, 3.05) is 26.8 Å². The molecule has 0 aromatic carbocycles. The predicted molar refractivity (Wildman–Crippen MR) is 231 cm³/mol.